The Morgan fingerprint density at radius 3 is 1.71 bits per heavy atom. The number of alkyl halides is 3. The number of amides is 1. The molecule has 6 rings (SSSR count). The van der Waals surface area contributed by atoms with Gasteiger partial charge in [-0.05, 0) is 86.8 Å². The van der Waals surface area contributed by atoms with Gasteiger partial charge in [0.2, 0.25) is 0 Å². The number of carbonyl (C=O) groups is 4. The number of nitrogens with one attached hydrogen (secondary N) is 3. The van der Waals surface area contributed by atoms with Crippen molar-refractivity contribution in [3.05, 3.63) is 156 Å². The summed E-state index contributed by atoms with van der Waals surface area (Å²) in [6, 6.07) is 10.5. The first-order chi connectivity index (χ1) is 35.3. The lowest BCUT2D eigenvalue weighted by Crippen LogP contribution is -2.43. The molecule has 1 amide bonds. The topological polar surface area (TPSA) is 215 Å². The minimum atomic E-state index is -4.86. The number of benzene rings is 4. The van der Waals surface area contributed by atoms with Crippen molar-refractivity contribution in [1.82, 2.24) is 14.9 Å². The Kier molecular flexibility index (Phi) is 23.3. The number of carboxylic acids is 2. The van der Waals surface area contributed by atoms with E-state index in [0.717, 1.165) is 73.5 Å². The minimum absolute atomic E-state index is 0.00539. The predicted octanol–water partition coefficient (Wildman–Crippen LogP) is 10.8. The third-order valence-corrected chi connectivity index (χ3v) is 11.0. The number of aromatic nitrogens is 2. The number of aliphatic carboxylic acids is 1. The molecule has 0 fully saturated rings. The number of rotatable bonds is 15. The standard InChI is InChI=1S/C30H27F5N4O4.C10H11F2NO2.C8H5BrF2O2.C3H9N/c1-4-9-36-17-13-21(31)25(22(32)14-17)27(40)38-23(29(42)43)12-16-7-8-19(26-18(16)6-5-10-37-26)24-20(30(33,34)35)11-15(2)39(3)28(24)41;1-2-3-13-6-4-7(11)9(10(14)15)8(12)5-6;1-13-8(12)7-5(10)2-4(9)3-6(7)11;1-2-3-4/h5-8,10-11,13-14,23,36H,4,9,12H2,1-3H3,(H,38,40)(H,42,43);4-5,13H,2-3H2,1H3,(H,14,15);2-3H,1H3;2-4H2,1H3/t23-;;;/m0.../s1. The number of aromatic carboxylic acids is 1. The van der Waals surface area contributed by atoms with Gasteiger partial charge in [0.25, 0.3) is 11.5 Å². The number of esters is 1. The van der Waals surface area contributed by atoms with Crippen LogP contribution >= 0.6 is 15.9 Å². The number of anilines is 2. The number of aryl methyl sites for hydroxylation is 1. The second-order valence-corrected chi connectivity index (χ2v) is 16.9. The summed E-state index contributed by atoms with van der Waals surface area (Å²) in [6.45, 7) is 9.01. The maximum Gasteiger partial charge on any atom is 0.417 e. The Labute approximate surface area is 432 Å². The van der Waals surface area contributed by atoms with Crippen LogP contribution < -0.4 is 27.2 Å². The predicted molar refractivity (Wildman–Crippen MR) is 267 cm³/mol. The van der Waals surface area contributed by atoms with Gasteiger partial charge >= 0.3 is 24.1 Å². The largest absolute Gasteiger partial charge is 0.480 e. The molecule has 1 atom stereocenters. The van der Waals surface area contributed by atoms with E-state index in [1.807, 2.05) is 13.8 Å². The van der Waals surface area contributed by atoms with Crippen LogP contribution in [-0.2, 0) is 29.2 Å². The highest BCUT2D eigenvalue weighted by molar-refractivity contribution is 9.10. The zero-order valence-electron chi connectivity index (χ0n) is 41.1. The van der Waals surface area contributed by atoms with E-state index in [2.05, 4.69) is 48.5 Å². The second kappa shape index (κ2) is 28.3. The summed E-state index contributed by atoms with van der Waals surface area (Å²) in [5.74, 6) is -11.9. The molecule has 404 valence electrons. The number of halogens is 10. The van der Waals surface area contributed by atoms with Crippen LogP contribution in [0.3, 0.4) is 0 Å². The molecule has 0 aliphatic heterocycles. The zero-order valence-corrected chi connectivity index (χ0v) is 42.6. The van der Waals surface area contributed by atoms with Crippen LogP contribution in [0.15, 0.2) is 82.2 Å². The van der Waals surface area contributed by atoms with Crippen LogP contribution in [0, 0.1) is 41.8 Å². The van der Waals surface area contributed by atoms with E-state index in [-0.39, 0.29) is 43.6 Å². The van der Waals surface area contributed by atoms with Crippen LogP contribution in [0.5, 0.6) is 0 Å². The van der Waals surface area contributed by atoms with Gasteiger partial charge < -0.3 is 41.2 Å². The number of carboxylic acid groups (broad SMARTS) is 2. The average Bonchev–Trinajstić information content (AvgIpc) is 3.33. The first kappa shape index (κ1) is 61.8. The van der Waals surface area contributed by atoms with E-state index in [1.165, 1.54) is 44.4 Å². The summed E-state index contributed by atoms with van der Waals surface area (Å²) < 4.78 is 129. The van der Waals surface area contributed by atoms with E-state index < -0.39 is 111 Å². The Hall–Kier alpha value is -7.47. The molecule has 24 heteroatoms. The molecule has 4 aromatic carbocycles. The lowest BCUT2D eigenvalue weighted by atomic mass is 9.93. The monoisotopic (exact) mass is 1130 g/mol. The molecule has 6 aromatic rings. The van der Waals surface area contributed by atoms with Crippen molar-refractivity contribution < 1.29 is 73.6 Å². The number of pyridine rings is 2. The van der Waals surface area contributed by atoms with E-state index in [9.17, 15) is 68.6 Å². The number of nitrogens with zero attached hydrogens (tertiary/aromatic N) is 2. The number of carbonyl (C=O) groups excluding carboxylic acids is 2. The molecule has 0 bridgehead atoms. The van der Waals surface area contributed by atoms with Gasteiger partial charge in [0.1, 0.15) is 57.6 Å². The molecule has 0 saturated carbocycles. The van der Waals surface area contributed by atoms with Gasteiger partial charge in [-0.15, -0.1) is 0 Å². The molecule has 0 saturated heterocycles. The van der Waals surface area contributed by atoms with Crippen LogP contribution in [0.2, 0.25) is 0 Å². The molecule has 2 aromatic heterocycles. The highest BCUT2D eigenvalue weighted by Crippen LogP contribution is 2.38. The number of hydrogen-bond acceptors (Lipinski definition) is 10. The van der Waals surface area contributed by atoms with Crippen molar-refractivity contribution in [3.63, 3.8) is 0 Å². The molecule has 14 nitrogen and oxygen atoms in total. The third kappa shape index (κ3) is 16.5. The first-order valence-electron chi connectivity index (χ1n) is 22.6. The number of ether oxygens (including phenoxy) is 1. The van der Waals surface area contributed by atoms with Crippen molar-refractivity contribution >= 4 is 62.0 Å². The summed E-state index contributed by atoms with van der Waals surface area (Å²) >= 11 is 2.89. The molecule has 75 heavy (non-hydrogen) atoms. The fourth-order valence-electron chi connectivity index (χ4n) is 6.72. The summed E-state index contributed by atoms with van der Waals surface area (Å²) in [7, 11) is 2.40. The number of fused-ring (bicyclic) bond motifs is 1. The van der Waals surface area contributed by atoms with Crippen molar-refractivity contribution in [1.29, 1.82) is 0 Å². The highest BCUT2D eigenvalue weighted by Gasteiger charge is 2.37. The molecule has 0 unspecified atom stereocenters. The Morgan fingerprint density at radius 1 is 0.773 bits per heavy atom. The van der Waals surface area contributed by atoms with E-state index in [4.69, 9.17) is 10.8 Å². The smallest absolute Gasteiger partial charge is 0.417 e. The normalized spacial score (nSPS) is 11.2. The molecule has 2 heterocycles. The number of methoxy groups -OCH3 is 1. The second-order valence-electron chi connectivity index (χ2n) is 16.0. The van der Waals surface area contributed by atoms with Gasteiger partial charge in [-0.1, -0.05) is 54.9 Å². The van der Waals surface area contributed by atoms with Crippen LogP contribution in [0.1, 0.15) is 87.9 Å². The van der Waals surface area contributed by atoms with Crippen molar-refractivity contribution in [2.24, 2.45) is 12.8 Å². The quantitative estimate of drug-likeness (QED) is 0.0418. The van der Waals surface area contributed by atoms with E-state index in [1.54, 1.807) is 0 Å². The summed E-state index contributed by atoms with van der Waals surface area (Å²) in [6.07, 6.45) is -1.38. The van der Waals surface area contributed by atoms with Gasteiger partial charge in [-0.25, -0.2) is 40.7 Å². The van der Waals surface area contributed by atoms with Crippen molar-refractivity contribution in [3.8, 4) is 11.1 Å². The van der Waals surface area contributed by atoms with Gasteiger partial charge in [0.15, 0.2) is 0 Å². The van der Waals surface area contributed by atoms with Crippen LogP contribution in [0.25, 0.3) is 22.0 Å². The van der Waals surface area contributed by atoms with Crippen molar-refractivity contribution in [2.75, 3.05) is 37.4 Å². The Bertz CT molecular complexity index is 3010. The highest BCUT2D eigenvalue weighted by atomic mass is 79.9. The SMILES string of the molecule is CCCN.CCCNc1cc(F)c(C(=O)N[C@@H](Cc2ccc(-c3c(C(F)(F)F)cc(C)n(C)c3=O)c3ncccc23)C(=O)O)c(F)c1.CCCNc1cc(F)c(C(=O)O)c(F)c1.COC(=O)c1c(F)cc(Br)cc1F. The van der Waals surface area contributed by atoms with Gasteiger partial charge in [0, 0.05) is 65.2 Å². The maximum atomic E-state index is 14.7. The first-order valence-corrected chi connectivity index (χ1v) is 23.4. The third-order valence-electron chi connectivity index (χ3n) is 10.5. The van der Waals surface area contributed by atoms with Gasteiger partial charge in [-0.3, -0.25) is 14.6 Å². The molecule has 0 radical (unpaired) electrons. The zero-order chi connectivity index (χ0) is 56.5. The fourth-order valence-corrected chi connectivity index (χ4v) is 7.12. The molecule has 0 aliphatic rings. The lowest BCUT2D eigenvalue weighted by Gasteiger charge is -2.19. The minimum Gasteiger partial charge on any atom is -0.480 e. The maximum absolute atomic E-state index is 14.7. The Morgan fingerprint density at radius 2 is 1.27 bits per heavy atom. The molecule has 0 spiro atoms. The molecular formula is C51H52BrF9N6O8. The molecule has 0 aliphatic carbocycles. The van der Waals surface area contributed by atoms with Gasteiger partial charge in [0.05, 0.1) is 23.8 Å². The van der Waals surface area contributed by atoms with Crippen molar-refractivity contribution in [2.45, 2.75) is 65.6 Å². The summed E-state index contributed by atoms with van der Waals surface area (Å²) in [5, 5.41) is 26.3. The average molecular weight is 1130 g/mol. The lowest BCUT2D eigenvalue weighted by molar-refractivity contribution is -0.139. The number of hydrogen-bond donors (Lipinski definition) is 6. The molecule has 7 N–H and O–H groups in total. The van der Waals surface area contributed by atoms with E-state index >= 15 is 0 Å². The summed E-state index contributed by atoms with van der Waals surface area (Å²) in [4.78, 5) is 63.5. The number of nitrogens with two attached hydrogens (primary N) is 1. The van der Waals surface area contributed by atoms with Crippen LogP contribution in [-0.4, -0.2) is 76.4 Å². The summed E-state index contributed by atoms with van der Waals surface area (Å²) in [5.41, 5.74) is 0.363. The molecular weight excluding hydrogens is 1080 g/mol. The van der Waals surface area contributed by atoms with Gasteiger partial charge in [-0.2, -0.15) is 13.2 Å². The van der Waals surface area contributed by atoms with Crippen LogP contribution in [0.4, 0.5) is 50.9 Å². The van der Waals surface area contributed by atoms with E-state index in [0.29, 0.717) is 19.5 Å². The Balaban J connectivity index is 0.000000373. The fraction of sp³-hybridized carbons (Fsp3) is 0.294.